The van der Waals surface area contributed by atoms with E-state index in [0.29, 0.717) is 0 Å². The van der Waals surface area contributed by atoms with Gasteiger partial charge in [-0.3, -0.25) is 0 Å². The van der Waals surface area contributed by atoms with Gasteiger partial charge < -0.3 is 0 Å². The van der Waals surface area contributed by atoms with Crippen molar-refractivity contribution in [2.75, 3.05) is 0 Å². The second-order valence-corrected chi connectivity index (χ2v) is 5.80. The Morgan fingerprint density at radius 3 is 1.67 bits per heavy atom. The van der Waals surface area contributed by atoms with Crippen LogP contribution in [0.15, 0.2) is 0 Å². The lowest BCUT2D eigenvalue weighted by molar-refractivity contribution is 0.151. The van der Waals surface area contributed by atoms with Crippen LogP contribution in [0.2, 0.25) is 0 Å². The smallest absolute Gasteiger partial charge is 0.0363 e. The minimum Gasteiger partial charge on any atom is -0.0654 e. The highest BCUT2D eigenvalue weighted by molar-refractivity contribution is 4.76. The highest BCUT2D eigenvalue weighted by Gasteiger charge is 2.26. The van der Waals surface area contributed by atoms with E-state index >= 15 is 0 Å². The zero-order chi connectivity index (χ0) is 12.0. The van der Waals surface area contributed by atoms with E-state index < -0.39 is 0 Å². The molecule has 4 unspecified atom stereocenters. The van der Waals surface area contributed by atoms with E-state index in [1.54, 1.807) is 0 Å². The largest absolute Gasteiger partial charge is 0.0654 e. The third kappa shape index (κ3) is 4.57. The van der Waals surface area contributed by atoms with Crippen LogP contribution in [-0.2, 0) is 0 Å². The second kappa shape index (κ2) is 7.30. The summed E-state index contributed by atoms with van der Waals surface area (Å²) in [4.78, 5) is 0. The quantitative estimate of drug-likeness (QED) is 0.531. The summed E-state index contributed by atoms with van der Waals surface area (Å²) in [5, 5.41) is 0. The number of hydrogen-bond donors (Lipinski definition) is 0. The van der Waals surface area contributed by atoms with Crippen molar-refractivity contribution in [3.8, 4) is 0 Å². The zero-order valence-corrected chi connectivity index (χ0v) is 12.0. The molecule has 0 nitrogen and oxygen atoms in total. The Morgan fingerprint density at radius 2 is 1.33 bits per heavy atom. The van der Waals surface area contributed by atoms with Crippen LogP contribution >= 0.6 is 0 Å². The molecule has 0 aliphatic heterocycles. The van der Waals surface area contributed by atoms with Gasteiger partial charge in [0.2, 0.25) is 0 Å². The van der Waals surface area contributed by atoms with Crippen LogP contribution in [0, 0.1) is 29.6 Å². The Morgan fingerprint density at radius 1 is 0.800 bits per heavy atom. The van der Waals surface area contributed by atoms with Crippen molar-refractivity contribution < 1.29 is 0 Å². The lowest BCUT2D eigenvalue weighted by atomic mass is 9.71. The van der Waals surface area contributed by atoms with Gasteiger partial charge in [-0.05, 0) is 29.6 Å². The van der Waals surface area contributed by atoms with Gasteiger partial charge in [0.1, 0.15) is 0 Å². The SMILES string of the molecule is CCCC(C(C)C)C(C)C(C)C(C)CC. The maximum absolute atomic E-state index is 2.47. The summed E-state index contributed by atoms with van der Waals surface area (Å²) < 4.78 is 0. The van der Waals surface area contributed by atoms with E-state index in [1.807, 2.05) is 0 Å². The zero-order valence-electron chi connectivity index (χ0n) is 12.0. The van der Waals surface area contributed by atoms with Crippen LogP contribution in [0.5, 0.6) is 0 Å². The first-order valence-electron chi connectivity index (χ1n) is 6.95. The standard InChI is InChI=1S/C15H32/c1-8-10-15(11(3)4)14(7)13(6)12(5)9-2/h11-15H,8-10H2,1-7H3. The van der Waals surface area contributed by atoms with E-state index in [1.165, 1.54) is 19.3 Å². The number of hydrogen-bond acceptors (Lipinski definition) is 0. The van der Waals surface area contributed by atoms with Crippen LogP contribution in [-0.4, -0.2) is 0 Å². The van der Waals surface area contributed by atoms with E-state index in [9.17, 15) is 0 Å². The summed E-state index contributed by atoms with van der Waals surface area (Å²) in [7, 11) is 0. The molecule has 0 aliphatic carbocycles. The fourth-order valence-electron chi connectivity index (χ4n) is 2.82. The lowest BCUT2D eigenvalue weighted by Gasteiger charge is -2.34. The Balaban J connectivity index is 4.40. The summed E-state index contributed by atoms with van der Waals surface area (Å²) >= 11 is 0. The molecule has 0 radical (unpaired) electrons. The van der Waals surface area contributed by atoms with Crippen LogP contribution in [0.1, 0.15) is 67.7 Å². The van der Waals surface area contributed by atoms with Crippen molar-refractivity contribution >= 4 is 0 Å². The molecule has 0 heteroatoms. The van der Waals surface area contributed by atoms with E-state index in [4.69, 9.17) is 0 Å². The fourth-order valence-corrected chi connectivity index (χ4v) is 2.82. The molecule has 0 aromatic carbocycles. The van der Waals surface area contributed by atoms with Crippen molar-refractivity contribution in [2.45, 2.75) is 67.7 Å². The Hall–Kier alpha value is 0. The predicted octanol–water partition coefficient (Wildman–Crippen LogP) is 5.38. The first-order valence-corrected chi connectivity index (χ1v) is 6.95. The Bertz CT molecular complexity index is 148. The Labute approximate surface area is 97.8 Å². The van der Waals surface area contributed by atoms with Gasteiger partial charge in [0.25, 0.3) is 0 Å². The first-order chi connectivity index (χ1) is 6.95. The third-order valence-electron chi connectivity index (χ3n) is 4.52. The lowest BCUT2D eigenvalue weighted by Crippen LogP contribution is -2.27. The molecule has 15 heavy (non-hydrogen) atoms. The molecule has 0 amide bonds. The average Bonchev–Trinajstić information content (AvgIpc) is 2.22. The first kappa shape index (κ1) is 15.0. The highest BCUT2D eigenvalue weighted by Crippen LogP contribution is 2.35. The molecule has 0 saturated heterocycles. The van der Waals surface area contributed by atoms with Crippen molar-refractivity contribution in [3.05, 3.63) is 0 Å². The third-order valence-corrected chi connectivity index (χ3v) is 4.52. The van der Waals surface area contributed by atoms with Crippen LogP contribution in [0.4, 0.5) is 0 Å². The van der Waals surface area contributed by atoms with Crippen LogP contribution in [0.3, 0.4) is 0 Å². The molecule has 0 rings (SSSR count). The molecular weight excluding hydrogens is 180 g/mol. The average molecular weight is 212 g/mol. The van der Waals surface area contributed by atoms with E-state index in [-0.39, 0.29) is 0 Å². The van der Waals surface area contributed by atoms with Crippen molar-refractivity contribution in [2.24, 2.45) is 29.6 Å². The van der Waals surface area contributed by atoms with Gasteiger partial charge >= 0.3 is 0 Å². The minimum absolute atomic E-state index is 0.839. The van der Waals surface area contributed by atoms with E-state index in [2.05, 4.69) is 48.5 Å². The van der Waals surface area contributed by atoms with Gasteiger partial charge in [-0.1, -0.05) is 67.7 Å². The predicted molar refractivity (Wildman–Crippen MR) is 71.0 cm³/mol. The van der Waals surface area contributed by atoms with Gasteiger partial charge in [-0.2, -0.15) is 0 Å². The summed E-state index contributed by atoms with van der Waals surface area (Å²) in [6, 6.07) is 0. The van der Waals surface area contributed by atoms with Crippen LogP contribution < -0.4 is 0 Å². The molecule has 0 aromatic rings. The Kier molecular flexibility index (Phi) is 7.30. The van der Waals surface area contributed by atoms with Crippen LogP contribution in [0.25, 0.3) is 0 Å². The van der Waals surface area contributed by atoms with Gasteiger partial charge in [0.15, 0.2) is 0 Å². The fraction of sp³-hybridized carbons (Fsp3) is 1.00. The molecule has 0 fully saturated rings. The highest BCUT2D eigenvalue weighted by atomic mass is 14.3. The van der Waals surface area contributed by atoms with Crippen molar-refractivity contribution in [1.82, 2.24) is 0 Å². The molecule has 0 saturated carbocycles. The van der Waals surface area contributed by atoms with Gasteiger partial charge in [0, 0.05) is 0 Å². The summed E-state index contributed by atoms with van der Waals surface area (Å²) in [5.41, 5.74) is 0. The molecule has 0 N–H and O–H groups in total. The normalized spacial score (nSPS) is 20.0. The topological polar surface area (TPSA) is 0 Å². The van der Waals surface area contributed by atoms with E-state index in [0.717, 1.165) is 29.6 Å². The summed E-state index contributed by atoms with van der Waals surface area (Å²) in [5.74, 6) is 4.37. The number of rotatable bonds is 7. The van der Waals surface area contributed by atoms with Gasteiger partial charge in [-0.25, -0.2) is 0 Å². The monoisotopic (exact) mass is 212 g/mol. The summed E-state index contributed by atoms with van der Waals surface area (Å²) in [6.45, 7) is 16.7. The molecule has 0 spiro atoms. The van der Waals surface area contributed by atoms with Gasteiger partial charge in [0.05, 0.1) is 0 Å². The molecule has 0 aromatic heterocycles. The second-order valence-electron chi connectivity index (χ2n) is 5.80. The molecule has 0 bridgehead atoms. The molecular formula is C15H32. The molecule has 0 aliphatic rings. The maximum Gasteiger partial charge on any atom is -0.0363 e. The molecule has 0 heterocycles. The minimum atomic E-state index is 0.839. The molecule has 92 valence electrons. The van der Waals surface area contributed by atoms with Gasteiger partial charge in [-0.15, -0.1) is 0 Å². The maximum atomic E-state index is 2.47. The van der Waals surface area contributed by atoms with Crippen molar-refractivity contribution in [1.29, 1.82) is 0 Å². The summed E-state index contributed by atoms with van der Waals surface area (Å²) in [6.07, 6.45) is 4.06. The van der Waals surface area contributed by atoms with Crippen molar-refractivity contribution in [3.63, 3.8) is 0 Å². The molecule has 4 atom stereocenters.